The Bertz CT molecular complexity index is 1090. The number of carbonyl (C=O) groups is 1. The maximum atomic E-state index is 13.1. The highest BCUT2D eigenvalue weighted by Crippen LogP contribution is 2.38. The van der Waals surface area contributed by atoms with Gasteiger partial charge in [-0.15, -0.1) is 0 Å². The van der Waals surface area contributed by atoms with Crippen LogP contribution in [-0.4, -0.2) is 31.3 Å². The molecule has 2 heterocycles. The molecule has 0 saturated carbocycles. The second-order valence-corrected chi connectivity index (χ2v) is 9.74. The summed E-state index contributed by atoms with van der Waals surface area (Å²) in [5, 5.41) is 2.79. The topological polar surface area (TPSA) is 84.3 Å². The normalized spacial score (nSPS) is 16.1. The van der Waals surface area contributed by atoms with Crippen molar-refractivity contribution in [1.29, 1.82) is 0 Å². The molecule has 0 radical (unpaired) electrons. The number of allylic oxidation sites excluding steroid dienone is 1. The van der Waals surface area contributed by atoms with Crippen molar-refractivity contribution in [1.82, 2.24) is 9.78 Å². The molecule has 3 rings (SSSR count). The molecule has 1 aromatic carbocycles. The first kappa shape index (κ1) is 19.6. The zero-order valence-corrected chi connectivity index (χ0v) is 17.0. The molecule has 0 amide bonds. The smallest absolute Gasteiger partial charge is 0.277 e. The van der Waals surface area contributed by atoms with E-state index in [0.717, 1.165) is 19.3 Å². The summed E-state index contributed by atoms with van der Waals surface area (Å²) in [6.07, 6.45) is 4.12. The Labute approximate surface area is 163 Å². The van der Waals surface area contributed by atoms with Crippen LogP contribution in [0.15, 0.2) is 34.1 Å². The molecule has 1 aliphatic heterocycles. The first-order valence-corrected chi connectivity index (χ1v) is 11.0. The molecule has 1 aromatic heterocycles. The quantitative estimate of drug-likeness (QED) is 0.779. The molecule has 27 heavy (non-hydrogen) atoms. The average molecular weight is 408 g/mol. The summed E-state index contributed by atoms with van der Waals surface area (Å²) in [7, 11) is -0.890. The third-order valence-electron chi connectivity index (χ3n) is 4.69. The second kappa shape index (κ2) is 7.48. The van der Waals surface area contributed by atoms with Gasteiger partial charge in [0.1, 0.15) is 5.56 Å². The van der Waals surface area contributed by atoms with E-state index in [1.807, 2.05) is 6.92 Å². The predicted octanol–water partition coefficient (Wildman–Crippen LogP) is 3.91. The maximum Gasteiger partial charge on any atom is 0.277 e. The van der Waals surface area contributed by atoms with Crippen molar-refractivity contribution in [3.8, 4) is 0 Å². The van der Waals surface area contributed by atoms with Gasteiger partial charge in [-0.25, -0.2) is 4.21 Å². The summed E-state index contributed by atoms with van der Waals surface area (Å²) in [6, 6.07) is 3.26. The lowest BCUT2D eigenvalue weighted by atomic mass is 10.00. The molecule has 0 unspecified atom stereocenters. The molecule has 6 nitrogen and oxygen atoms in total. The van der Waals surface area contributed by atoms with Crippen LogP contribution in [0.5, 0.6) is 0 Å². The highest BCUT2D eigenvalue weighted by Gasteiger charge is 2.23. The molecule has 0 atom stereocenters. The molecule has 0 bridgehead atoms. The fourth-order valence-electron chi connectivity index (χ4n) is 3.14. The minimum absolute atomic E-state index is 0.00437. The number of halogens is 1. The number of aromatic amines is 1. The van der Waals surface area contributed by atoms with E-state index >= 15 is 0 Å². The number of H-pyrrole nitrogens is 1. The third-order valence-corrected chi connectivity index (χ3v) is 7.44. The summed E-state index contributed by atoms with van der Waals surface area (Å²) in [5.41, 5.74) is 1.43. The van der Waals surface area contributed by atoms with Gasteiger partial charge in [-0.3, -0.25) is 14.3 Å². The van der Waals surface area contributed by atoms with E-state index in [4.69, 9.17) is 11.6 Å². The van der Waals surface area contributed by atoms with E-state index in [2.05, 4.69) is 16.0 Å². The number of hydrogen-bond donors (Lipinski definition) is 1. The predicted molar refractivity (Wildman–Crippen MR) is 109 cm³/mol. The van der Waals surface area contributed by atoms with Crippen LogP contribution in [0.1, 0.15) is 47.7 Å². The van der Waals surface area contributed by atoms with Crippen LogP contribution < -0.4 is 5.56 Å². The van der Waals surface area contributed by atoms with E-state index in [9.17, 15) is 13.8 Å². The summed E-state index contributed by atoms with van der Waals surface area (Å²) < 4.78 is 18.9. The molecule has 1 aliphatic rings. The van der Waals surface area contributed by atoms with E-state index in [0.29, 0.717) is 28.3 Å². The SMILES string of the molecule is C=C(C)c1ccc(C(=O)c2c[nH]n(C)c2=O)c(Cl)c1N=S1(=O)CCCCC1. The fourth-order valence-corrected chi connectivity index (χ4v) is 5.70. The van der Waals surface area contributed by atoms with E-state index in [-0.39, 0.29) is 16.1 Å². The number of rotatable bonds is 4. The van der Waals surface area contributed by atoms with Crippen LogP contribution in [0.2, 0.25) is 5.02 Å². The lowest BCUT2D eigenvalue weighted by molar-refractivity contribution is 0.103. The Kier molecular flexibility index (Phi) is 5.44. The van der Waals surface area contributed by atoms with Crippen LogP contribution in [-0.2, 0) is 16.8 Å². The zero-order valence-electron chi connectivity index (χ0n) is 15.4. The lowest BCUT2D eigenvalue weighted by Crippen LogP contribution is -2.19. The molecular weight excluding hydrogens is 386 g/mol. The Morgan fingerprint density at radius 1 is 1.22 bits per heavy atom. The van der Waals surface area contributed by atoms with Gasteiger partial charge in [0.15, 0.2) is 0 Å². The van der Waals surface area contributed by atoms with E-state index in [1.54, 1.807) is 12.1 Å². The molecule has 144 valence electrons. The van der Waals surface area contributed by atoms with E-state index in [1.165, 1.54) is 17.9 Å². The zero-order chi connectivity index (χ0) is 19.8. The van der Waals surface area contributed by atoms with Crippen LogP contribution >= 0.6 is 11.6 Å². The third kappa shape index (κ3) is 3.80. The monoisotopic (exact) mass is 407 g/mol. The van der Waals surface area contributed by atoms with Gasteiger partial charge in [-0.1, -0.05) is 30.7 Å². The van der Waals surface area contributed by atoms with Gasteiger partial charge in [0, 0.05) is 35.9 Å². The Morgan fingerprint density at radius 3 is 2.41 bits per heavy atom. The van der Waals surface area contributed by atoms with Crippen molar-refractivity contribution in [2.45, 2.75) is 26.2 Å². The number of benzene rings is 1. The molecule has 8 heteroatoms. The lowest BCUT2D eigenvalue weighted by Gasteiger charge is -2.17. The molecule has 2 aromatic rings. The van der Waals surface area contributed by atoms with Gasteiger partial charge >= 0.3 is 0 Å². The fraction of sp³-hybridized carbons (Fsp3) is 0.368. The van der Waals surface area contributed by atoms with Crippen molar-refractivity contribution < 1.29 is 9.00 Å². The number of nitrogens with zero attached hydrogens (tertiary/aromatic N) is 2. The van der Waals surface area contributed by atoms with Gasteiger partial charge in [-0.2, -0.15) is 4.36 Å². The highest BCUT2D eigenvalue weighted by molar-refractivity contribution is 7.93. The molecule has 0 spiro atoms. The van der Waals surface area contributed by atoms with Crippen molar-refractivity contribution in [3.63, 3.8) is 0 Å². The van der Waals surface area contributed by atoms with E-state index < -0.39 is 21.1 Å². The van der Waals surface area contributed by atoms with Crippen molar-refractivity contribution in [2.75, 3.05) is 11.5 Å². The second-order valence-electron chi connectivity index (χ2n) is 6.82. The Balaban J connectivity index is 2.19. The number of nitrogens with one attached hydrogen (secondary N) is 1. The van der Waals surface area contributed by atoms with Crippen LogP contribution in [0.3, 0.4) is 0 Å². The van der Waals surface area contributed by atoms with Gasteiger partial charge in [0.05, 0.1) is 20.4 Å². The first-order valence-electron chi connectivity index (χ1n) is 8.73. The standard InChI is InChI=1S/C19H22ClN3O3S/c1-12(2)13-7-8-14(18(24)15-11-21-23(3)19(15)25)16(20)17(13)22-27(26)9-5-4-6-10-27/h7-8,11,21H,1,4-6,9-10H2,2-3H3. The highest BCUT2D eigenvalue weighted by atomic mass is 35.5. The minimum atomic E-state index is -2.42. The summed E-state index contributed by atoms with van der Waals surface area (Å²) in [4.78, 5) is 25.0. The number of hydrogen-bond acceptors (Lipinski definition) is 4. The first-order chi connectivity index (χ1) is 12.7. The molecule has 1 N–H and O–H groups in total. The number of aryl methyl sites for hydroxylation is 1. The van der Waals surface area contributed by atoms with Crippen molar-refractivity contribution in [2.24, 2.45) is 11.4 Å². The number of carbonyl (C=O) groups excluding carboxylic acids is 1. The van der Waals surface area contributed by atoms with Crippen molar-refractivity contribution in [3.05, 3.63) is 57.0 Å². The van der Waals surface area contributed by atoms with Crippen LogP contribution in [0.25, 0.3) is 5.57 Å². The molecule has 1 saturated heterocycles. The maximum absolute atomic E-state index is 13.1. The Morgan fingerprint density at radius 2 is 1.85 bits per heavy atom. The summed E-state index contributed by atoms with van der Waals surface area (Å²) in [5.74, 6) is 0.551. The molecular formula is C19H22ClN3O3S. The van der Waals surface area contributed by atoms with Crippen LogP contribution in [0.4, 0.5) is 5.69 Å². The van der Waals surface area contributed by atoms with Crippen molar-refractivity contribution >= 4 is 38.4 Å². The van der Waals surface area contributed by atoms with Gasteiger partial charge in [-0.05, 0) is 31.4 Å². The molecule has 0 aliphatic carbocycles. The van der Waals surface area contributed by atoms with Gasteiger partial charge in [0.2, 0.25) is 5.78 Å². The largest absolute Gasteiger partial charge is 0.302 e. The number of aromatic nitrogens is 2. The van der Waals surface area contributed by atoms with Gasteiger partial charge < -0.3 is 5.10 Å². The Hall–Kier alpha value is -2.12. The average Bonchev–Trinajstić information content (AvgIpc) is 2.95. The summed E-state index contributed by atoms with van der Waals surface area (Å²) in [6.45, 7) is 5.75. The summed E-state index contributed by atoms with van der Waals surface area (Å²) >= 11 is 6.54. The minimum Gasteiger partial charge on any atom is -0.302 e. The number of ketones is 1. The van der Waals surface area contributed by atoms with Crippen LogP contribution in [0, 0.1) is 0 Å². The van der Waals surface area contributed by atoms with Gasteiger partial charge in [0.25, 0.3) is 5.56 Å². The molecule has 1 fully saturated rings.